The summed E-state index contributed by atoms with van der Waals surface area (Å²) in [7, 11) is -2.70. The highest BCUT2D eigenvalue weighted by atomic mass is 32.2. The summed E-state index contributed by atoms with van der Waals surface area (Å²) in [5.41, 5.74) is -0.0822. The first kappa shape index (κ1) is 16.7. The second-order valence-corrected chi connectivity index (χ2v) is 6.52. The third kappa shape index (κ3) is 3.40. The van der Waals surface area contributed by atoms with Gasteiger partial charge in [-0.1, -0.05) is 24.8 Å². The number of nitrogens with zero attached hydrogens (tertiary/aromatic N) is 1. The van der Waals surface area contributed by atoms with E-state index < -0.39 is 21.8 Å². The van der Waals surface area contributed by atoms with Crippen LogP contribution < -0.4 is 0 Å². The monoisotopic (exact) mass is 333 g/mol. The molecule has 0 amide bonds. The summed E-state index contributed by atoms with van der Waals surface area (Å²) >= 11 is 0. The Morgan fingerprint density at radius 3 is 2.39 bits per heavy atom. The fraction of sp³-hybridized carbons (Fsp3) is 0.125. The van der Waals surface area contributed by atoms with Crippen molar-refractivity contribution in [3.8, 4) is 0 Å². The molecule has 0 radical (unpaired) electrons. The van der Waals surface area contributed by atoms with Crippen LogP contribution in [0.15, 0.2) is 65.7 Å². The van der Waals surface area contributed by atoms with Gasteiger partial charge >= 0.3 is 5.97 Å². The molecule has 0 N–H and O–H groups in total. The van der Waals surface area contributed by atoms with E-state index in [0.717, 1.165) is 3.97 Å². The number of aromatic nitrogens is 1. The molecular weight excluding hydrogens is 318 g/mol. The van der Waals surface area contributed by atoms with Gasteiger partial charge in [0, 0.05) is 18.2 Å². The highest BCUT2D eigenvalue weighted by Crippen LogP contribution is 2.18. The number of methoxy groups -OCH3 is 1. The Balaban J connectivity index is 2.35. The Bertz CT molecular complexity index is 850. The largest absolute Gasteiger partial charge is 0.466 e. The molecule has 0 atom stereocenters. The summed E-state index contributed by atoms with van der Waals surface area (Å²) in [4.78, 5) is 23.7. The van der Waals surface area contributed by atoms with Crippen LogP contribution in [-0.2, 0) is 19.6 Å². The maximum atomic E-state index is 12.6. The molecule has 0 fully saturated rings. The summed E-state index contributed by atoms with van der Waals surface area (Å²) in [6.07, 6.45) is 0.970. The molecule has 0 spiro atoms. The number of Topliss-reactive ketones (excluding diaryl/α,β-unsaturated/α-hetero) is 1. The number of carbonyl (C=O) groups is 2. The molecule has 0 aliphatic heterocycles. The topological polar surface area (TPSA) is 82.4 Å². The average molecular weight is 333 g/mol. The first-order valence-electron chi connectivity index (χ1n) is 6.65. The van der Waals surface area contributed by atoms with E-state index in [9.17, 15) is 18.0 Å². The summed E-state index contributed by atoms with van der Waals surface area (Å²) < 4.78 is 30.6. The van der Waals surface area contributed by atoms with E-state index in [0.29, 0.717) is 0 Å². The number of ketones is 1. The lowest BCUT2D eigenvalue weighted by atomic mass is 10.1. The first-order chi connectivity index (χ1) is 10.9. The van der Waals surface area contributed by atoms with E-state index in [-0.39, 0.29) is 22.6 Å². The molecule has 2 aromatic rings. The molecule has 23 heavy (non-hydrogen) atoms. The van der Waals surface area contributed by atoms with Gasteiger partial charge in [-0.05, 0) is 24.3 Å². The Kier molecular flexibility index (Phi) is 4.80. The second-order valence-electron chi connectivity index (χ2n) is 4.70. The van der Waals surface area contributed by atoms with Gasteiger partial charge in [0.15, 0.2) is 5.78 Å². The Morgan fingerprint density at radius 1 is 1.13 bits per heavy atom. The van der Waals surface area contributed by atoms with Gasteiger partial charge in [-0.2, -0.15) is 0 Å². The Labute approximate surface area is 134 Å². The molecule has 0 saturated heterocycles. The molecule has 120 valence electrons. The lowest BCUT2D eigenvalue weighted by Crippen LogP contribution is -2.19. The number of esters is 1. The van der Waals surface area contributed by atoms with Gasteiger partial charge < -0.3 is 4.74 Å². The van der Waals surface area contributed by atoms with Gasteiger partial charge in [0.05, 0.1) is 12.0 Å². The van der Waals surface area contributed by atoms with Gasteiger partial charge in [-0.15, -0.1) is 0 Å². The molecule has 1 aromatic carbocycles. The van der Waals surface area contributed by atoms with Crippen LogP contribution in [0, 0.1) is 0 Å². The quantitative estimate of drug-likeness (QED) is 0.459. The van der Waals surface area contributed by atoms with Crippen molar-refractivity contribution < 1.29 is 22.7 Å². The zero-order valence-electron chi connectivity index (χ0n) is 12.4. The molecule has 1 aromatic heterocycles. The lowest BCUT2D eigenvalue weighted by Gasteiger charge is -2.10. The second kappa shape index (κ2) is 6.62. The summed E-state index contributed by atoms with van der Waals surface area (Å²) in [5.74, 6) is -1.24. The Hall–Kier alpha value is -2.67. The minimum absolute atomic E-state index is 0.0395. The molecule has 6 nitrogen and oxygen atoms in total. The fourth-order valence-corrected chi connectivity index (χ4v) is 3.38. The molecule has 0 bridgehead atoms. The van der Waals surface area contributed by atoms with E-state index in [2.05, 4.69) is 11.3 Å². The number of carbonyl (C=O) groups excluding carboxylic acids is 2. The highest BCUT2D eigenvalue weighted by molar-refractivity contribution is 7.90. The van der Waals surface area contributed by atoms with Crippen LogP contribution in [0.5, 0.6) is 0 Å². The molecule has 2 rings (SSSR count). The van der Waals surface area contributed by atoms with Crippen LogP contribution in [-0.4, -0.2) is 31.3 Å². The van der Waals surface area contributed by atoms with Crippen LogP contribution in [0.3, 0.4) is 0 Å². The van der Waals surface area contributed by atoms with Crippen LogP contribution in [0.1, 0.15) is 16.9 Å². The van der Waals surface area contributed by atoms with E-state index in [4.69, 9.17) is 0 Å². The van der Waals surface area contributed by atoms with Gasteiger partial charge in [-0.3, -0.25) is 4.79 Å². The maximum absolute atomic E-state index is 12.6. The number of benzene rings is 1. The van der Waals surface area contributed by atoms with Crippen LogP contribution >= 0.6 is 0 Å². The van der Waals surface area contributed by atoms with Crippen molar-refractivity contribution in [3.63, 3.8) is 0 Å². The lowest BCUT2D eigenvalue weighted by molar-refractivity contribution is -0.136. The van der Waals surface area contributed by atoms with E-state index >= 15 is 0 Å². The van der Waals surface area contributed by atoms with Crippen molar-refractivity contribution in [1.29, 1.82) is 0 Å². The van der Waals surface area contributed by atoms with Gasteiger partial charge in [0.25, 0.3) is 10.0 Å². The highest BCUT2D eigenvalue weighted by Gasteiger charge is 2.23. The third-order valence-corrected chi connectivity index (χ3v) is 4.85. The smallest absolute Gasteiger partial charge is 0.333 e. The molecule has 0 aliphatic carbocycles. The SMILES string of the molecule is C=C(CC(=O)c1cccn1S(=O)(=O)c1ccccc1)C(=O)OC. The first-order valence-corrected chi connectivity index (χ1v) is 8.09. The van der Waals surface area contributed by atoms with E-state index in [1.165, 1.54) is 37.6 Å². The normalized spacial score (nSPS) is 11.0. The number of hydrogen-bond acceptors (Lipinski definition) is 5. The third-order valence-electron chi connectivity index (χ3n) is 3.15. The van der Waals surface area contributed by atoms with Crippen molar-refractivity contribution in [2.45, 2.75) is 11.3 Å². The van der Waals surface area contributed by atoms with Crippen molar-refractivity contribution in [3.05, 3.63) is 66.5 Å². The summed E-state index contributed by atoms with van der Waals surface area (Å²) in [6, 6.07) is 10.6. The number of rotatable bonds is 6. The zero-order chi connectivity index (χ0) is 17.0. The minimum atomic E-state index is -3.88. The van der Waals surface area contributed by atoms with Crippen LogP contribution in [0.4, 0.5) is 0 Å². The van der Waals surface area contributed by atoms with Gasteiger partial charge in [0.1, 0.15) is 5.69 Å². The fourth-order valence-electron chi connectivity index (χ4n) is 2.00. The maximum Gasteiger partial charge on any atom is 0.333 e. The molecule has 7 heteroatoms. The minimum Gasteiger partial charge on any atom is -0.466 e. The molecule has 0 unspecified atom stereocenters. The standard InChI is InChI=1S/C16H15NO5S/c1-12(16(19)22-2)11-15(18)14-9-6-10-17(14)23(20,21)13-7-4-3-5-8-13/h3-10H,1,11H2,2H3. The van der Waals surface area contributed by atoms with Crippen LogP contribution in [0.25, 0.3) is 0 Å². The average Bonchev–Trinajstić information content (AvgIpc) is 3.05. The predicted molar refractivity (Wildman–Crippen MR) is 83.6 cm³/mol. The van der Waals surface area contributed by atoms with Gasteiger partial charge in [0.2, 0.25) is 0 Å². The van der Waals surface area contributed by atoms with E-state index in [1.807, 2.05) is 0 Å². The summed E-state index contributed by atoms with van der Waals surface area (Å²) in [5, 5.41) is 0. The van der Waals surface area contributed by atoms with Gasteiger partial charge in [-0.25, -0.2) is 17.2 Å². The number of hydrogen-bond donors (Lipinski definition) is 0. The van der Waals surface area contributed by atoms with Crippen molar-refractivity contribution in [2.75, 3.05) is 7.11 Å². The summed E-state index contributed by atoms with van der Waals surface area (Å²) in [6.45, 7) is 3.47. The zero-order valence-corrected chi connectivity index (χ0v) is 13.2. The van der Waals surface area contributed by atoms with Crippen molar-refractivity contribution in [2.24, 2.45) is 0 Å². The number of ether oxygens (including phenoxy) is 1. The van der Waals surface area contributed by atoms with Crippen LogP contribution in [0.2, 0.25) is 0 Å². The van der Waals surface area contributed by atoms with Crippen molar-refractivity contribution >= 4 is 21.8 Å². The molecule has 1 heterocycles. The molecule has 0 saturated carbocycles. The van der Waals surface area contributed by atoms with Crippen molar-refractivity contribution in [1.82, 2.24) is 3.97 Å². The molecular formula is C16H15NO5S. The Morgan fingerprint density at radius 2 is 1.78 bits per heavy atom. The molecule has 0 aliphatic rings. The predicted octanol–water partition coefficient (Wildman–Crippen LogP) is 2.03. The van der Waals surface area contributed by atoms with E-state index in [1.54, 1.807) is 18.2 Å².